The number of aliphatic hydroxyl groups is 1. The smallest absolute Gasteiger partial charge is 0.300 e. The van der Waals surface area contributed by atoms with E-state index in [4.69, 9.17) is 0 Å². The van der Waals surface area contributed by atoms with E-state index in [0.717, 1.165) is 6.20 Å². The van der Waals surface area contributed by atoms with E-state index in [2.05, 4.69) is 10.3 Å². The van der Waals surface area contributed by atoms with Gasteiger partial charge in [-0.05, 0) is 13.3 Å². The summed E-state index contributed by atoms with van der Waals surface area (Å²) in [7, 11) is 0. The number of likely N-dealkylation sites (tertiary alicyclic amines) is 1. The topological polar surface area (TPSA) is 109 Å². The van der Waals surface area contributed by atoms with Crippen molar-refractivity contribution in [1.29, 1.82) is 0 Å². The van der Waals surface area contributed by atoms with Gasteiger partial charge in [-0.2, -0.15) is 0 Å². The summed E-state index contributed by atoms with van der Waals surface area (Å²) in [6.07, 6.45) is 1.01. The van der Waals surface area contributed by atoms with Gasteiger partial charge in [-0.3, -0.25) is 14.9 Å². The third-order valence-corrected chi connectivity index (χ3v) is 3.12. The van der Waals surface area contributed by atoms with Gasteiger partial charge < -0.3 is 15.3 Å². The van der Waals surface area contributed by atoms with Crippen molar-refractivity contribution in [2.45, 2.75) is 19.4 Å². The van der Waals surface area contributed by atoms with Gasteiger partial charge in [0.2, 0.25) is 0 Å². The van der Waals surface area contributed by atoms with Crippen LogP contribution in [0.4, 0.5) is 11.5 Å². The first-order valence-corrected chi connectivity index (χ1v) is 6.38. The molecule has 8 heteroatoms. The zero-order chi connectivity index (χ0) is 14.7. The molecule has 8 nitrogen and oxygen atoms in total. The molecule has 2 rings (SSSR count). The Kier molecular flexibility index (Phi) is 4.14. The molecule has 1 fully saturated rings. The summed E-state index contributed by atoms with van der Waals surface area (Å²) in [6, 6.07) is 1.38. The second-order valence-electron chi connectivity index (χ2n) is 4.57. The Balaban J connectivity index is 2.33. The molecule has 108 valence electrons. The van der Waals surface area contributed by atoms with Crippen molar-refractivity contribution in [2.24, 2.45) is 0 Å². The van der Waals surface area contributed by atoms with Crippen LogP contribution in [0.25, 0.3) is 0 Å². The highest BCUT2D eigenvalue weighted by molar-refractivity contribution is 5.98. The van der Waals surface area contributed by atoms with Crippen LogP contribution in [0.3, 0.4) is 0 Å². The molecule has 2 N–H and O–H groups in total. The average molecular weight is 280 g/mol. The second kappa shape index (κ2) is 5.83. The predicted octanol–water partition coefficient (Wildman–Crippen LogP) is 0.628. The summed E-state index contributed by atoms with van der Waals surface area (Å²) in [6.45, 7) is 3.06. The van der Waals surface area contributed by atoms with Crippen LogP contribution >= 0.6 is 0 Å². The molecular weight excluding hydrogens is 264 g/mol. The zero-order valence-corrected chi connectivity index (χ0v) is 11.1. The number of β-amino-alcohol motifs (C(OH)–C–C–N with tert-alkyl or cyclic N) is 1. The van der Waals surface area contributed by atoms with E-state index in [1.807, 2.05) is 6.92 Å². The molecule has 1 saturated heterocycles. The number of hydrogen-bond acceptors (Lipinski definition) is 6. The Bertz CT molecular complexity index is 534. The van der Waals surface area contributed by atoms with Gasteiger partial charge in [-0.15, -0.1) is 0 Å². The SMILES string of the molecule is CCNc1cc(C(=O)N2CCC(O)C2)c([N+](=O)[O-])cn1. The minimum atomic E-state index is -0.623. The van der Waals surface area contributed by atoms with Gasteiger partial charge in [-0.1, -0.05) is 0 Å². The molecule has 2 heterocycles. The maximum Gasteiger partial charge on any atom is 0.300 e. The number of carbonyl (C=O) groups excluding carboxylic acids is 1. The maximum absolute atomic E-state index is 12.3. The number of anilines is 1. The molecule has 20 heavy (non-hydrogen) atoms. The molecule has 0 aromatic carbocycles. The Labute approximate surface area is 115 Å². The Hall–Kier alpha value is -2.22. The molecule has 1 aliphatic heterocycles. The fourth-order valence-corrected chi connectivity index (χ4v) is 2.14. The summed E-state index contributed by atoms with van der Waals surface area (Å²) in [5, 5.41) is 23.4. The monoisotopic (exact) mass is 280 g/mol. The second-order valence-corrected chi connectivity index (χ2v) is 4.57. The molecule has 0 aliphatic carbocycles. The Morgan fingerprint density at radius 1 is 1.70 bits per heavy atom. The van der Waals surface area contributed by atoms with Crippen molar-refractivity contribution >= 4 is 17.4 Å². The van der Waals surface area contributed by atoms with Crippen LogP contribution in [-0.4, -0.2) is 51.6 Å². The first kappa shape index (κ1) is 14.2. The quantitative estimate of drug-likeness (QED) is 0.618. The number of nitro groups is 1. The third kappa shape index (κ3) is 2.85. The summed E-state index contributed by atoms with van der Waals surface area (Å²) >= 11 is 0. The number of pyridine rings is 1. The largest absolute Gasteiger partial charge is 0.391 e. The summed E-state index contributed by atoms with van der Waals surface area (Å²) in [5.41, 5.74) is -0.326. The molecule has 0 bridgehead atoms. The lowest BCUT2D eigenvalue weighted by atomic mass is 10.2. The number of aliphatic hydroxyl groups excluding tert-OH is 1. The summed E-state index contributed by atoms with van der Waals surface area (Å²) in [5.74, 6) is -0.0315. The van der Waals surface area contributed by atoms with Gasteiger partial charge in [0.25, 0.3) is 11.6 Å². The summed E-state index contributed by atoms with van der Waals surface area (Å²) in [4.78, 5) is 28.0. The molecule has 1 amide bonds. The van der Waals surface area contributed by atoms with Crippen molar-refractivity contribution in [2.75, 3.05) is 25.0 Å². The molecule has 1 atom stereocenters. The van der Waals surface area contributed by atoms with E-state index < -0.39 is 16.9 Å². The van der Waals surface area contributed by atoms with Gasteiger partial charge in [-0.25, -0.2) is 4.98 Å². The average Bonchev–Trinajstić information content (AvgIpc) is 2.84. The lowest BCUT2D eigenvalue weighted by molar-refractivity contribution is -0.385. The molecule has 1 unspecified atom stereocenters. The number of rotatable bonds is 4. The molecule has 0 spiro atoms. The van der Waals surface area contributed by atoms with Crippen LogP contribution in [0.2, 0.25) is 0 Å². The standard InChI is InChI=1S/C12H16N4O4/c1-2-13-11-5-9(10(6-14-11)16(19)20)12(18)15-4-3-8(17)7-15/h5-6,8,17H,2-4,7H2,1H3,(H,13,14). The van der Waals surface area contributed by atoms with Crippen LogP contribution in [0.15, 0.2) is 12.3 Å². The number of carbonyl (C=O) groups is 1. The zero-order valence-electron chi connectivity index (χ0n) is 11.1. The highest BCUT2D eigenvalue weighted by Gasteiger charge is 2.30. The summed E-state index contributed by atoms with van der Waals surface area (Å²) < 4.78 is 0. The number of aromatic nitrogens is 1. The van der Waals surface area contributed by atoms with Gasteiger partial charge in [0.05, 0.1) is 11.0 Å². The molecule has 1 aromatic rings. The van der Waals surface area contributed by atoms with Crippen LogP contribution in [0, 0.1) is 10.1 Å². The number of amides is 1. The number of nitrogens with zero attached hydrogens (tertiary/aromatic N) is 3. The molecule has 0 saturated carbocycles. The fraction of sp³-hybridized carbons (Fsp3) is 0.500. The van der Waals surface area contributed by atoms with Crippen molar-refractivity contribution in [3.63, 3.8) is 0 Å². The van der Waals surface area contributed by atoms with Crippen molar-refractivity contribution in [3.05, 3.63) is 27.9 Å². The highest BCUT2D eigenvalue weighted by atomic mass is 16.6. The van der Waals surface area contributed by atoms with Gasteiger partial charge in [0.1, 0.15) is 17.6 Å². The normalized spacial score (nSPS) is 18.1. The van der Waals surface area contributed by atoms with E-state index in [0.29, 0.717) is 25.3 Å². The highest BCUT2D eigenvalue weighted by Crippen LogP contribution is 2.23. The number of hydrogen-bond donors (Lipinski definition) is 2. The van der Waals surface area contributed by atoms with Crippen molar-refractivity contribution in [3.8, 4) is 0 Å². The van der Waals surface area contributed by atoms with E-state index >= 15 is 0 Å². The lowest BCUT2D eigenvalue weighted by Crippen LogP contribution is -2.30. The van der Waals surface area contributed by atoms with E-state index in [-0.39, 0.29) is 17.8 Å². The van der Waals surface area contributed by atoms with E-state index in [9.17, 15) is 20.0 Å². The van der Waals surface area contributed by atoms with Gasteiger partial charge >= 0.3 is 0 Å². The van der Waals surface area contributed by atoms with Crippen molar-refractivity contribution < 1.29 is 14.8 Å². The minimum absolute atomic E-state index is 0.00458. The Morgan fingerprint density at radius 2 is 2.45 bits per heavy atom. The Morgan fingerprint density at radius 3 is 3.00 bits per heavy atom. The molecule has 0 radical (unpaired) electrons. The van der Waals surface area contributed by atoms with Crippen molar-refractivity contribution in [1.82, 2.24) is 9.88 Å². The first-order chi connectivity index (χ1) is 9.52. The third-order valence-electron chi connectivity index (χ3n) is 3.12. The molecular formula is C12H16N4O4. The minimum Gasteiger partial charge on any atom is -0.391 e. The van der Waals surface area contributed by atoms with E-state index in [1.165, 1.54) is 11.0 Å². The van der Waals surface area contributed by atoms with Crippen LogP contribution < -0.4 is 5.32 Å². The molecule has 1 aliphatic rings. The van der Waals surface area contributed by atoms with E-state index in [1.54, 1.807) is 0 Å². The maximum atomic E-state index is 12.3. The lowest BCUT2D eigenvalue weighted by Gasteiger charge is -2.16. The van der Waals surface area contributed by atoms with Crippen LogP contribution in [-0.2, 0) is 0 Å². The van der Waals surface area contributed by atoms with Gasteiger partial charge in [0, 0.05) is 25.7 Å². The van der Waals surface area contributed by atoms with Crippen LogP contribution in [0.1, 0.15) is 23.7 Å². The predicted molar refractivity (Wildman–Crippen MR) is 71.6 cm³/mol. The fourth-order valence-electron chi connectivity index (χ4n) is 2.14. The first-order valence-electron chi connectivity index (χ1n) is 6.38. The number of nitrogens with one attached hydrogen (secondary N) is 1. The van der Waals surface area contributed by atoms with Gasteiger partial charge in [0.15, 0.2) is 0 Å². The molecule has 1 aromatic heterocycles. The van der Waals surface area contributed by atoms with Crippen LogP contribution in [0.5, 0.6) is 0 Å².